The highest BCUT2D eigenvalue weighted by atomic mass is 16.2. The maximum Gasteiger partial charge on any atom is 0.246 e. The molecule has 4 rings (SSSR count). The maximum atomic E-state index is 12.8. The van der Waals surface area contributed by atoms with Gasteiger partial charge in [0, 0.05) is 37.6 Å². The number of anilines is 2. The van der Waals surface area contributed by atoms with E-state index in [2.05, 4.69) is 30.1 Å². The van der Waals surface area contributed by atoms with E-state index in [4.69, 9.17) is 0 Å². The zero-order valence-corrected chi connectivity index (χ0v) is 14.8. The van der Waals surface area contributed by atoms with Crippen molar-refractivity contribution < 1.29 is 9.59 Å². The van der Waals surface area contributed by atoms with Gasteiger partial charge in [-0.15, -0.1) is 0 Å². The van der Waals surface area contributed by atoms with Crippen molar-refractivity contribution >= 4 is 23.2 Å². The van der Waals surface area contributed by atoms with Gasteiger partial charge >= 0.3 is 0 Å². The van der Waals surface area contributed by atoms with Crippen LogP contribution in [0.4, 0.5) is 11.4 Å². The molecule has 0 bridgehead atoms. The second kappa shape index (κ2) is 5.90. The van der Waals surface area contributed by atoms with E-state index in [0.717, 1.165) is 50.0 Å². The van der Waals surface area contributed by atoms with Gasteiger partial charge in [0.1, 0.15) is 0 Å². The van der Waals surface area contributed by atoms with E-state index >= 15 is 0 Å². The zero-order chi connectivity index (χ0) is 17.6. The lowest BCUT2D eigenvalue weighted by Crippen LogP contribution is -2.36. The van der Waals surface area contributed by atoms with Crippen LogP contribution < -0.4 is 10.2 Å². The molecule has 1 atom stereocenters. The van der Waals surface area contributed by atoms with E-state index in [-0.39, 0.29) is 23.3 Å². The molecule has 1 saturated carbocycles. The molecule has 1 aromatic rings. The van der Waals surface area contributed by atoms with Crippen LogP contribution in [-0.2, 0) is 15.0 Å². The predicted octanol–water partition coefficient (Wildman–Crippen LogP) is 2.67. The van der Waals surface area contributed by atoms with Crippen molar-refractivity contribution in [1.82, 2.24) is 4.90 Å². The van der Waals surface area contributed by atoms with E-state index in [0.29, 0.717) is 6.54 Å². The van der Waals surface area contributed by atoms with Crippen molar-refractivity contribution in [3.63, 3.8) is 0 Å². The van der Waals surface area contributed by atoms with Crippen molar-refractivity contribution in [2.45, 2.75) is 43.6 Å². The molecule has 1 N–H and O–H groups in total. The molecule has 5 nitrogen and oxygen atoms in total. The summed E-state index contributed by atoms with van der Waals surface area (Å²) in [6, 6.07) is 6.55. The Kier molecular flexibility index (Phi) is 3.82. The molecular formula is C20H25N3O2. The number of carbonyl (C=O) groups excluding carboxylic acids is 2. The first-order chi connectivity index (χ1) is 12.0. The Bertz CT molecular complexity index is 736. The summed E-state index contributed by atoms with van der Waals surface area (Å²) in [5.74, 6) is 0.243. The second-order valence-corrected chi connectivity index (χ2v) is 7.50. The minimum atomic E-state index is -0.275. The molecule has 2 aliphatic heterocycles. The molecule has 132 valence electrons. The summed E-state index contributed by atoms with van der Waals surface area (Å²) >= 11 is 0. The van der Waals surface area contributed by atoms with Crippen LogP contribution in [0.5, 0.6) is 0 Å². The molecule has 0 radical (unpaired) electrons. The summed E-state index contributed by atoms with van der Waals surface area (Å²) in [7, 11) is 1.89. The molecule has 1 aliphatic carbocycles. The maximum absolute atomic E-state index is 12.8. The summed E-state index contributed by atoms with van der Waals surface area (Å²) in [5.41, 5.74) is 2.97. The lowest BCUT2D eigenvalue weighted by molar-refractivity contribution is -0.125. The molecule has 2 amide bonds. The lowest BCUT2D eigenvalue weighted by Gasteiger charge is -2.21. The number of likely N-dealkylation sites (tertiary alicyclic amines) is 1. The quantitative estimate of drug-likeness (QED) is 0.862. The Morgan fingerprint density at radius 2 is 2.12 bits per heavy atom. The Morgan fingerprint density at radius 1 is 1.36 bits per heavy atom. The highest BCUT2D eigenvalue weighted by molar-refractivity contribution is 6.08. The molecule has 1 unspecified atom stereocenters. The SMILES string of the molecule is C=CC(=O)N1CCC(Nc2ccc3c(c2)N(C)C(=O)C32CCCC2)C1. The average Bonchev–Trinajstić information content (AvgIpc) is 3.33. The third-order valence-corrected chi connectivity index (χ3v) is 6.09. The summed E-state index contributed by atoms with van der Waals surface area (Å²) < 4.78 is 0. The van der Waals surface area contributed by atoms with Gasteiger partial charge in [0.15, 0.2) is 0 Å². The fraction of sp³-hybridized carbons (Fsp3) is 0.500. The lowest BCUT2D eigenvalue weighted by atomic mass is 9.80. The van der Waals surface area contributed by atoms with Gasteiger partial charge in [0.2, 0.25) is 11.8 Å². The molecule has 1 saturated heterocycles. The number of nitrogens with one attached hydrogen (secondary N) is 1. The molecule has 5 heteroatoms. The number of likely N-dealkylation sites (N-methyl/N-ethyl adjacent to an activating group) is 1. The normalized spacial score (nSPS) is 24.0. The molecule has 1 aromatic carbocycles. The van der Waals surface area contributed by atoms with Gasteiger partial charge in [-0.2, -0.15) is 0 Å². The van der Waals surface area contributed by atoms with Crippen LogP contribution in [0.25, 0.3) is 0 Å². The van der Waals surface area contributed by atoms with Crippen LogP contribution in [0.2, 0.25) is 0 Å². The Morgan fingerprint density at radius 3 is 2.84 bits per heavy atom. The number of benzene rings is 1. The van der Waals surface area contributed by atoms with Crippen molar-refractivity contribution in [2.75, 3.05) is 30.4 Å². The highest BCUT2D eigenvalue weighted by Crippen LogP contribution is 2.51. The summed E-state index contributed by atoms with van der Waals surface area (Å²) in [4.78, 5) is 28.2. The molecule has 1 spiro atoms. The van der Waals surface area contributed by atoms with Crippen LogP contribution in [-0.4, -0.2) is 42.9 Å². The van der Waals surface area contributed by atoms with Gasteiger partial charge in [-0.05, 0) is 43.0 Å². The predicted molar refractivity (Wildman–Crippen MR) is 98.8 cm³/mol. The van der Waals surface area contributed by atoms with Gasteiger partial charge in [-0.25, -0.2) is 0 Å². The average molecular weight is 339 g/mol. The Balaban J connectivity index is 1.54. The van der Waals surface area contributed by atoms with Crippen LogP contribution in [0.1, 0.15) is 37.7 Å². The van der Waals surface area contributed by atoms with Crippen molar-refractivity contribution in [2.24, 2.45) is 0 Å². The zero-order valence-electron chi connectivity index (χ0n) is 14.8. The van der Waals surface area contributed by atoms with E-state index < -0.39 is 0 Å². The van der Waals surface area contributed by atoms with Gasteiger partial charge in [-0.1, -0.05) is 25.5 Å². The number of rotatable bonds is 3. The van der Waals surface area contributed by atoms with Crippen LogP contribution in [0.15, 0.2) is 30.9 Å². The second-order valence-electron chi connectivity index (χ2n) is 7.50. The number of amides is 2. The monoisotopic (exact) mass is 339 g/mol. The van der Waals surface area contributed by atoms with Gasteiger partial charge in [0.05, 0.1) is 5.41 Å². The first-order valence-electron chi connectivity index (χ1n) is 9.16. The molecule has 25 heavy (non-hydrogen) atoms. The summed E-state index contributed by atoms with van der Waals surface area (Å²) in [6.45, 7) is 5.01. The number of carbonyl (C=O) groups is 2. The van der Waals surface area contributed by atoms with Gasteiger partial charge in [-0.3, -0.25) is 9.59 Å². The van der Waals surface area contributed by atoms with Crippen LogP contribution in [0, 0.1) is 0 Å². The van der Waals surface area contributed by atoms with Crippen LogP contribution >= 0.6 is 0 Å². The number of fused-ring (bicyclic) bond motifs is 2. The third-order valence-electron chi connectivity index (χ3n) is 6.09. The Hall–Kier alpha value is -2.30. The number of hydrogen-bond acceptors (Lipinski definition) is 3. The molecular weight excluding hydrogens is 314 g/mol. The molecule has 0 aromatic heterocycles. The summed E-state index contributed by atoms with van der Waals surface area (Å²) in [6.07, 6.45) is 6.51. The van der Waals surface area contributed by atoms with E-state index in [1.807, 2.05) is 16.8 Å². The topological polar surface area (TPSA) is 52.7 Å². The summed E-state index contributed by atoms with van der Waals surface area (Å²) in [5, 5.41) is 3.53. The van der Waals surface area contributed by atoms with Crippen LogP contribution in [0.3, 0.4) is 0 Å². The largest absolute Gasteiger partial charge is 0.380 e. The first-order valence-corrected chi connectivity index (χ1v) is 9.16. The fourth-order valence-corrected chi connectivity index (χ4v) is 4.75. The molecule has 2 fully saturated rings. The highest BCUT2D eigenvalue weighted by Gasteiger charge is 2.50. The minimum Gasteiger partial charge on any atom is -0.380 e. The molecule has 2 heterocycles. The standard InChI is InChI=1S/C20H25N3O2/c1-3-18(24)23-11-8-15(13-23)21-14-6-7-16-17(12-14)22(2)19(25)20(16)9-4-5-10-20/h3,6-7,12,15,21H,1,4-5,8-11,13H2,2H3. The smallest absolute Gasteiger partial charge is 0.246 e. The van der Waals surface area contributed by atoms with E-state index in [9.17, 15) is 9.59 Å². The van der Waals surface area contributed by atoms with Crippen molar-refractivity contribution in [3.05, 3.63) is 36.4 Å². The van der Waals surface area contributed by atoms with E-state index in [1.165, 1.54) is 11.6 Å². The van der Waals surface area contributed by atoms with Crippen molar-refractivity contribution in [1.29, 1.82) is 0 Å². The van der Waals surface area contributed by atoms with Gasteiger partial charge in [0.25, 0.3) is 0 Å². The minimum absolute atomic E-state index is 0.00763. The Labute approximate surface area is 148 Å². The fourth-order valence-electron chi connectivity index (χ4n) is 4.75. The number of nitrogens with zero attached hydrogens (tertiary/aromatic N) is 2. The van der Waals surface area contributed by atoms with Crippen molar-refractivity contribution in [3.8, 4) is 0 Å². The van der Waals surface area contributed by atoms with E-state index in [1.54, 1.807) is 0 Å². The third kappa shape index (κ3) is 2.44. The van der Waals surface area contributed by atoms with Gasteiger partial charge < -0.3 is 15.1 Å². The first kappa shape index (κ1) is 16.2. The number of hydrogen-bond donors (Lipinski definition) is 1. The molecule has 3 aliphatic rings.